The van der Waals surface area contributed by atoms with Crippen LogP contribution in [0.1, 0.15) is 6.42 Å². The third-order valence-corrected chi connectivity index (χ3v) is 3.26. The van der Waals surface area contributed by atoms with Crippen LogP contribution in [0, 0.1) is 0 Å². The number of ether oxygens (including phenoxy) is 1. The van der Waals surface area contributed by atoms with Crippen molar-refractivity contribution in [3.05, 3.63) is 0 Å². The van der Waals surface area contributed by atoms with Crippen molar-refractivity contribution in [1.29, 1.82) is 0 Å². The van der Waals surface area contributed by atoms with E-state index in [-0.39, 0.29) is 17.6 Å². The van der Waals surface area contributed by atoms with E-state index < -0.39 is 0 Å². The van der Waals surface area contributed by atoms with Gasteiger partial charge < -0.3 is 15.0 Å². The predicted octanol–water partition coefficient (Wildman–Crippen LogP) is -0.285. The summed E-state index contributed by atoms with van der Waals surface area (Å²) < 4.78 is 4.50. The van der Waals surface area contributed by atoms with E-state index in [1.54, 1.807) is 0 Å². The van der Waals surface area contributed by atoms with Crippen LogP contribution in [0.4, 0.5) is 0 Å². The lowest BCUT2D eigenvalue weighted by molar-refractivity contribution is -0.137. The van der Waals surface area contributed by atoms with E-state index in [2.05, 4.69) is 10.1 Å². The number of rotatable bonds is 4. The Morgan fingerprint density at radius 2 is 2.12 bits per heavy atom. The number of hydrogen-bond donors (Lipinski definition) is 1. The van der Waals surface area contributed by atoms with Gasteiger partial charge in [0.2, 0.25) is 5.91 Å². The first-order valence-corrected chi connectivity index (χ1v) is 6.52. The standard InChI is InChI=1S/C10H18N2O3S/c1-15-10(14)8-16-7-9(13)12-5-2-3-11-4-6-12/h11H,2-8H2,1H3. The van der Waals surface area contributed by atoms with Crippen LogP contribution in [-0.4, -0.2) is 61.6 Å². The number of nitrogens with zero attached hydrogens (tertiary/aromatic N) is 1. The number of esters is 1. The first kappa shape index (κ1) is 13.3. The van der Waals surface area contributed by atoms with Crippen LogP contribution in [0.2, 0.25) is 0 Å². The zero-order valence-corrected chi connectivity index (χ0v) is 10.3. The molecule has 0 radical (unpaired) electrons. The van der Waals surface area contributed by atoms with Crippen LogP contribution in [0.5, 0.6) is 0 Å². The number of methoxy groups -OCH3 is 1. The Bertz CT molecular complexity index is 240. The quantitative estimate of drug-likeness (QED) is 0.691. The Labute approximate surface area is 99.9 Å². The monoisotopic (exact) mass is 246 g/mol. The number of carbonyl (C=O) groups is 2. The predicted molar refractivity (Wildman–Crippen MR) is 63.4 cm³/mol. The maximum atomic E-state index is 11.7. The topological polar surface area (TPSA) is 58.6 Å². The highest BCUT2D eigenvalue weighted by Gasteiger charge is 2.15. The average molecular weight is 246 g/mol. The molecule has 0 aromatic rings. The number of carbonyl (C=O) groups excluding carboxylic acids is 2. The Kier molecular flexibility index (Phi) is 6.25. The highest BCUT2D eigenvalue weighted by Crippen LogP contribution is 2.05. The lowest BCUT2D eigenvalue weighted by Gasteiger charge is -2.19. The van der Waals surface area contributed by atoms with Crippen LogP contribution in [-0.2, 0) is 14.3 Å². The van der Waals surface area contributed by atoms with Crippen LogP contribution >= 0.6 is 11.8 Å². The normalized spacial score (nSPS) is 16.7. The minimum absolute atomic E-state index is 0.109. The fraction of sp³-hybridized carbons (Fsp3) is 0.800. The summed E-state index contributed by atoms with van der Waals surface area (Å²) in [5.41, 5.74) is 0. The molecule has 1 saturated heterocycles. The van der Waals surface area contributed by atoms with Crippen molar-refractivity contribution in [2.24, 2.45) is 0 Å². The molecule has 0 aromatic carbocycles. The first-order valence-electron chi connectivity index (χ1n) is 5.37. The summed E-state index contributed by atoms with van der Waals surface area (Å²) in [4.78, 5) is 24.4. The molecule has 1 amide bonds. The maximum absolute atomic E-state index is 11.7. The molecule has 1 aliphatic heterocycles. The maximum Gasteiger partial charge on any atom is 0.315 e. The van der Waals surface area contributed by atoms with Gasteiger partial charge in [-0.3, -0.25) is 9.59 Å². The number of hydrogen-bond acceptors (Lipinski definition) is 5. The molecule has 5 nitrogen and oxygen atoms in total. The van der Waals surface area contributed by atoms with E-state index in [4.69, 9.17) is 0 Å². The summed E-state index contributed by atoms with van der Waals surface area (Å²) in [5.74, 6) is 0.427. The van der Waals surface area contributed by atoms with E-state index in [1.807, 2.05) is 4.90 Å². The smallest absolute Gasteiger partial charge is 0.315 e. The zero-order chi connectivity index (χ0) is 11.8. The zero-order valence-electron chi connectivity index (χ0n) is 9.53. The highest BCUT2D eigenvalue weighted by atomic mass is 32.2. The fourth-order valence-corrected chi connectivity index (χ4v) is 2.21. The number of thioether (sulfide) groups is 1. The Morgan fingerprint density at radius 3 is 2.88 bits per heavy atom. The molecule has 0 spiro atoms. The molecule has 0 aromatic heterocycles. The van der Waals surface area contributed by atoms with Crippen molar-refractivity contribution < 1.29 is 14.3 Å². The van der Waals surface area contributed by atoms with Gasteiger partial charge in [-0.2, -0.15) is 0 Å². The Hall–Kier alpha value is -0.750. The van der Waals surface area contributed by atoms with Gasteiger partial charge in [0.15, 0.2) is 0 Å². The highest BCUT2D eigenvalue weighted by molar-refractivity contribution is 8.00. The van der Waals surface area contributed by atoms with Crippen molar-refractivity contribution in [2.45, 2.75) is 6.42 Å². The molecule has 0 saturated carbocycles. The molecular formula is C10H18N2O3S. The SMILES string of the molecule is COC(=O)CSCC(=O)N1CCCNCC1. The van der Waals surface area contributed by atoms with E-state index in [0.29, 0.717) is 5.75 Å². The van der Waals surface area contributed by atoms with Crippen LogP contribution in [0.3, 0.4) is 0 Å². The van der Waals surface area contributed by atoms with Gasteiger partial charge >= 0.3 is 5.97 Å². The van der Waals surface area contributed by atoms with Gasteiger partial charge in [-0.1, -0.05) is 0 Å². The number of nitrogens with one attached hydrogen (secondary N) is 1. The molecular weight excluding hydrogens is 228 g/mol. The molecule has 92 valence electrons. The molecule has 0 aliphatic carbocycles. The van der Waals surface area contributed by atoms with E-state index >= 15 is 0 Å². The fourth-order valence-electron chi connectivity index (χ4n) is 1.47. The summed E-state index contributed by atoms with van der Waals surface area (Å²) >= 11 is 1.31. The van der Waals surface area contributed by atoms with E-state index in [9.17, 15) is 9.59 Å². The van der Waals surface area contributed by atoms with Crippen LogP contribution < -0.4 is 5.32 Å². The Balaban J connectivity index is 2.20. The molecule has 1 fully saturated rings. The second-order valence-electron chi connectivity index (χ2n) is 3.55. The van der Waals surface area contributed by atoms with Crippen molar-refractivity contribution in [3.63, 3.8) is 0 Å². The molecule has 0 bridgehead atoms. The first-order chi connectivity index (χ1) is 7.74. The summed E-state index contributed by atoms with van der Waals surface area (Å²) in [6.45, 7) is 3.40. The summed E-state index contributed by atoms with van der Waals surface area (Å²) in [6.07, 6.45) is 0.993. The van der Waals surface area contributed by atoms with Gasteiger partial charge in [-0.25, -0.2) is 0 Å². The summed E-state index contributed by atoms with van der Waals surface area (Å²) in [6, 6.07) is 0. The molecule has 1 N–H and O–H groups in total. The second-order valence-corrected chi connectivity index (χ2v) is 4.54. The third kappa shape index (κ3) is 4.85. The lowest BCUT2D eigenvalue weighted by atomic mass is 10.4. The molecule has 1 heterocycles. The van der Waals surface area contributed by atoms with Gasteiger partial charge in [-0.15, -0.1) is 11.8 Å². The minimum atomic E-state index is -0.282. The van der Waals surface area contributed by atoms with Crippen LogP contribution in [0.25, 0.3) is 0 Å². The summed E-state index contributed by atoms with van der Waals surface area (Å²) in [5, 5.41) is 3.24. The number of amides is 1. The molecule has 16 heavy (non-hydrogen) atoms. The molecule has 6 heteroatoms. The minimum Gasteiger partial charge on any atom is -0.468 e. The molecule has 1 aliphatic rings. The van der Waals surface area contributed by atoms with Crippen molar-refractivity contribution in [3.8, 4) is 0 Å². The van der Waals surface area contributed by atoms with Crippen molar-refractivity contribution >= 4 is 23.6 Å². The van der Waals surface area contributed by atoms with Gasteiger partial charge in [0.05, 0.1) is 18.6 Å². The largest absolute Gasteiger partial charge is 0.468 e. The van der Waals surface area contributed by atoms with Gasteiger partial charge in [0.1, 0.15) is 0 Å². The van der Waals surface area contributed by atoms with Gasteiger partial charge in [0, 0.05) is 19.6 Å². The second kappa shape index (κ2) is 7.51. The van der Waals surface area contributed by atoms with E-state index in [0.717, 1.165) is 32.6 Å². The lowest BCUT2D eigenvalue weighted by Crippen LogP contribution is -2.35. The molecule has 0 atom stereocenters. The molecule has 0 unspecified atom stereocenters. The summed E-state index contributed by atoms with van der Waals surface area (Å²) in [7, 11) is 1.35. The Morgan fingerprint density at radius 1 is 1.31 bits per heavy atom. The average Bonchev–Trinajstić information content (AvgIpc) is 2.57. The van der Waals surface area contributed by atoms with Crippen molar-refractivity contribution in [1.82, 2.24) is 10.2 Å². The van der Waals surface area contributed by atoms with Gasteiger partial charge in [-0.05, 0) is 13.0 Å². The van der Waals surface area contributed by atoms with Crippen molar-refractivity contribution in [2.75, 3.05) is 44.8 Å². The third-order valence-electron chi connectivity index (χ3n) is 2.37. The van der Waals surface area contributed by atoms with Gasteiger partial charge in [0.25, 0.3) is 0 Å². The molecule has 1 rings (SSSR count). The van der Waals surface area contributed by atoms with E-state index in [1.165, 1.54) is 18.9 Å². The van der Waals surface area contributed by atoms with Crippen LogP contribution in [0.15, 0.2) is 0 Å².